The summed E-state index contributed by atoms with van der Waals surface area (Å²) in [6.45, 7) is 3.87. The molecular formula is C13H15BrN2OS. The van der Waals surface area contributed by atoms with E-state index in [1.165, 1.54) is 5.52 Å². The van der Waals surface area contributed by atoms with Crippen LogP contribution in [-0.2, 0) is 10.3 Å². The number of hydrogen-bond donors (Lipinski definition) is 1. The lowest BCUT2D eigenvalue weighted by Gasteiger charge is -2.35. The summed E-state index contributed by atoms with van der Waals surface area (Å²) in [6.07, 6.45) is 2.00. The van der Waals surface area contributed by atoms with Crippen molar-refractivity contribution in [1.29, 1.82) is 0 Å². The Bertz CT molecular complexity index is 640. The van der Waals surface area contributed by atoms with Crippen molar-refractivity contribution in [2.75, 3.05) is 13.2 Å². The van der Waals surface area contributed by atoms with Crippen molar-refractivity contribution < 1.29 is 4.74 Å². The quantitative estimate of drug-likeness (QED) is 0.803. The number of halogens is 1. The van der Waals surface area contributed by atoms with Crippen LogP contribution < -0.4 is 0 Å². The third kappa shape index (κ3) is 1.94. The van der Waals surface area contributed by atoms with Crippen molar-refractivity contribution in [2.24, 2.45) is 0 Å². The van der Waals surface area contributed by atoms with Gasteiger partial charge in [0.15, 0.2) is 4.77 Å². The van der Waals surface area contributed by atoms with Gasteiger partial charge in [-0.15, -0.1) is 0 Å². The van der Waals surface area contributed by atoms with E-state index in [9.17, 15) is 0 Å². The van der Waals surface area contributed by atoms with E-state index in [1.807, 2.05) is 6.07 Å². The van der Waals surface area contributed by atoms with Gasteiger partial charge in [0.2, 0.25) is 0 Å². The van der Waals surface area contributed by atoms with Crippen LogP contribution in [0.5, 0.6) is 0 Å². The van der Waals surface area contributed by atoms with Gasteiger partial charge in [-0.3, -0.25) is 0 Å². The standard InChI is InChI=1S/C13H15BrN2OS/c1-13(4-6-17-7-5-13)16-11-8-9(14)2-3-10(11)15-12(16)18/h2-3,8H,4-7H2,1H3,(H,15,18). The fraction of sp³-hybridized carbons (Fsp3) is 0.462. The maximum atomic E-state index is 5.50. The first kappa shape index (κ1) is 12.4. The maximum Gasteiger partial charge on any atom is 0.178 e. The Kier molecular flexibility index (Phi) is 3.08. The van der Waals surface area contributed by atoms with E-state index in [2.05, 4.69) is 44.5 Å². The van der Waals surface area contributed by atoms with Gasteiger partial charge in [-0.1, -0.05) is 15.9 Å². The van der Waals surface area contributed by atoms with Crippen LogP contribution in [0, 0.1) is 4.77 Å². The number of rotatable bonds is 1. The van der Waals surface area contributed by atoms with Gasteiger partial charge in [0, 0.05) is 23.2 Å². The van der Waals surface area contributed by atoms with Crippen LogP contribution in [-0.4, -0.2) is 22.8 Å². The molecule has 2 aromatic rings. The molecule has 0 unspecified atom stereocenters. The van der Waals surface area contributed by atoms with Crippen LogP contribution >= 0.6 is 28.1 Å². The molecule has 0 bridgehead atoms. The molecule has 0 atom stereocenters. The van der Waals surface area contributed by atoms with E-state index in [4.69, 9.17) is 17.0 Å². The lowest BCUT2D eigenvalue weighted by molar-refractivity contribution is 0.0306. The van der Waals surface area contributed by atoms with Crippen molar-refractivity contribution in [1.82, 2.24) is 9.55 Å². The first-order valence-electron chi connectivity index (χ1n) is 6.09. The SMILES string of the molecule is CC1(n2c(=S)[nH]c3ccc(Br)cc32)CCOCC1. The second-order valence-corrected chi connectivity index (χ2v) is 6.34. The second kappa shape index (κ2) is 4.47. The molecule has 1 saturated heterocycles. The van der Waals surface area contributed by atoms with Crippen molar-refractivity contribution in [3.8, 4) is 0 Å². The van der Waals surface area contributed by atoms with Gasteiger partial charge in [0.1, 0.15) is 0 Å². The Balaban J connectivity index is 2.24. The van der Waals surface area contributed by atoms with Crippen molar-refractivity contribution in [3.63, 3.8) is 0 Å². The van der Waals surface area contributed by atoms with Gasteiger partial charge >= 0.3 is 0 Å². The lowest BCUT2D eigenvalue weighted by atomic mass is 9.92. The highest BCUT2D eigenvalue weighted by atomic mass is 79.9. The van der Waals surface area contributed by atoms with Crippen LogP contribution in [0.1, 0.15) is 19.8 Å². The number of imidazole rings is 1. The van der Waals surface area contributed by atoms with E-state index in [1.54, 1.807) is 0 Å². The van der Waals surface area contributed by atoms with Crippen LogP contribution in [0.4, 0.5) is 0 Å². The topological polar surface area (TPSA) is 29.9 Å². The highest BCUT2D eigenvalue weighted by Gasteiger charge is 2.31. The fourth-order valence-electron chi connectivity index (χ4n) is 2.65. The predicted molar refractivity (Wildman–Crippen MR) is 78.5 cm³/mol. The third-order valence-corrected chi connectivity index (χ3v) is 4.53. The van der Waals surface area contributed by atoms with Crippen LogP contribution in [0.15, 0.2) is 22.7 Å². The Morgan fingerprint density at radius 1 is 1.39 bits per heavy atom. The van der Waals surface area contributed by atoms with Gasteiger partial charge < -0.3 is 14.3 Å². The molecule has 1 aliphatic heterocycles. The number of fused-ring (bicyclic) bond motifs is 1. The summed E-state index contributed by atoms with van der Waals surface area (Å²) in [7, 11) is 0. The van der Waals surface area contributed by atoms with Gasteiger partial charge in [-0.25, -0.2) is 0 Å². The number of aromatic nitrogens is 2. The first-order chi connectivity index (χ1) is 8.60. The molecule has 3 rings (SSSR count). The predicted octanol–water partition coefficient (Wildman–Crippen LogP) is 3.99. The molecule has 18 heavy (non-hydrogen) atoms. The zero-order valence-corrected chi connectivity index (χ0v) is 12.6. The maximum absolute atomic E-state index is 5.50. The zero-order valence-electron chi connectivity index (χ0n) is 10.2. The number of benzene rings is 1. The number of ether oxygens (including phenoxy) is 1. The average Bonchev–Trinajstić information content (AvgIpc) is 2.66. The monoisotopic (exact) mass is 326 g/mol. The van der Waals surface area contributed by atoms with E-state index in [-0.39, 0.29) is 5.54 Å². The molecule has 2 heterocycles. The molecule has 1 aromatic heterocycles. The summed E-state index contributed by atoms with van der Waals surface area (Å²) in [5, 5.41) is 0. The number of aromatic amines is 1. The van der Waals surface area contributed by atoms with Gasteiger partial charge in [0.25, 0.3) is 0 Å². The van der Waals surface area contributed by atoms with Crippen LogP contribution in [0.3, 0.4) is 0 Å². The van der Waals surface area contributed by atoms with Crippen molar-refractivity contribution in [3.05, 3.63) is 27.4 Å². The van der Waals surface area contributed by atoms with E-state index < -0.39 is 0 Å². The van der Waals surface area contributed by atoms with E-state index in [0.29, 0.717) is 0 Å². The summed E-state index contributed by atoms with van der Waals surface area (Å²) in [5.74, 6) is 0. The molecule has 0 amide bonds. The largest absolute Gasteiger partial charge is 0.381 e. The summed E-state index contributed by atoms with van der Waals surface area (Å²) in [5.41, 5.74) is 2.31. The summed E-state index contributed by atoms with van der Waals surface area (Å²) < 4.78 is 9.60. The molecule has 5 heteroatoms. The molecule has 3 nitrogen and oxygen atoms in total. The molecule has 96 valence electrons. The smallest absolute Gasteiger partial charge is 0.178 e. The molecule has 0 spiro atoms. The Labute approximate surface area is 119 Å². The van der Waals surface area contributed by atoms with Crippen LogP contribution in [0.25, 0.3) is 11.0 Å². The average molecular weight is 327 g/mol. The zero-order chi connectivity index (χ0) is 12.8. The number of nitrogens with zero attached hydrogens (tertiary/aromatic N) is 1. The molecule has 1 N–H and O–H groups in total. The normalized spacial score (nSPS) is 19.2. The lowest BCUT2D eigenvalue weighted by Crippen LogP contribution is -2.36. The highest BCUT2D eigenvalue weighted by molar-refractivity contribution is 9.10. The molecular weight excluding hydrogens is 312 g/mol. The van der Waals surface area contributed by atoms with Gasteiger partial charge in [0.05, 0.1) is 11.0 Å². The Morgan fingerprint density at radius 3 is 2.83 bits per heavy atom. The van der Waals surface area contributed by atoms with E-state index >= 15 is 0 Å². The molecule has 0 aliphatic carbocycles. The molecule has 1 fully saturated rings. The minimum Gasteiger partial charge on any atom is -0.381 e. The fourth-order valence-corrected chi connectivity index (χ4v) is 3.42. The highest BCUT2D eigenvalue weighted by Crippen LogP contribution is 2.33. The van der Waals surface area contributed by atoms with Gasteiger partial charge in [-0.05, 0) is 50.2 Å². The van der Waals surface area contributed by atoms with Crippen molar-refractivity contribution >= 4 is 39.2 Å². The number of hydrogen-bond acceptors (Lipinski definition) is 2. The number of H-pyrrole nitrogens is 1. The Hall–Kier alpha value is -0.650. The Morgan fingerprint density at radius 2 is 2.11 bits per heavy atom. The molecule has 1 aromatic carbocycles. The second-order valence-electron chi connectivity index (χ2n) is 5.04. The summed E-state index contributed by atoms with van der Waals surface area (Å²) in [6, 6.07) is 6.22. The molecule has 1 aliphatic rings. The van der Waals surface area contributed by atoms with Gasteiger partial charge in [-0.2, -0.15) is 0 Å². The molecule has 0 saturated carbocycles. The third-order valence-electron chi connectivity index (χ3n) is 3.76. The minimum atomic E-state index is 0.0500. The summed E-state index contributed by atoms with van der Waals surface area (Å²) in [4.78, 5) is 3.29. The minimum absolute atomic E-state index is 0.0500. The van der Waals surface area contributed by atoms with E-state index in [0.717, 1.165) is 40.8 Å². The molecule has 0 radical (unpaired) electrons. The number of nitrogens with one attached hydrogen (secondary N) is 1. The van der Waals surface area contributed by atoms with Crippen molar-refractivity contribution in [2.45, 2.75) is 25.3 Å². The van der Waals surface area contributed by atoms with Crippen LogP contribution in [0.2, 0.25) is 0 Å². The summed E-state index contributed by atoms with van der Waals surface area (Å²) >= 11 is 9.03. The first-order valence-corrected chi connectivity index (χ1v) is 7.29.